The Hall–Kier alpha value is -1.60. The van der Waals surface area contributed by atoms with Crippen molar-refractivity contribution >= 4 is 15.5 Å². The minimum absolute atomic E-state index is 0.0142. The summed E-state index contributed by atoms with van der Waals surface area (Å²) in [5.74, 6) is -0.514. The molecular formula is C15H19FN2O3S. The number of nitrogens with one attached hydrogen (secondary N) is 1. The van der Waals surface area contributed by atoms with Gasteiger partial charge in [0, 0.05) is 16.9 Å². The van der Waals surface area contributed by atoms with Gasteiger partial charge in [0.15, 0.2) is 9.84 Å². The fraction of sp³-hybridized carbons (Fsp3) is 0.467. The van der Waals surface area contributed by atoms with Gasteiger partial charge < -0.3 is 15.8 Å². The highest BCUT2D eigenvalue weighted by atomic mass is 32.2. The lowest BCUT2D eigenvalue weighted by Crippen LogP contribution is -2.65. The van der Waals surface area contributed by atoms with Crippen molar-refractivity contribution in [3.63, 3.8) is 0 Å². The molecule has 2 atom stereocenters. The largest absolute Gasteiger partial charge is 0.399 e. The first-order chi connectivity index (χ1) is 10.1. The molecule has 2 aliphatic rings. The quantitative estimate of drug-likeness (QED) is 0.761. The monoisotopic (exact) mass is 326 g/mol. The van der Waals surface area contributed by atoms with Crippen molar-refractivity contribution in [2.45, 2.75) is 29.4 Å². The maximum atomic E-state index is 14.4. The molecule has 7 heteroatoms. The molecule has 5 nitrogen and oxygen atoms in total. The summed E-state index contributed by atoms with van der Waals surface area (Å²) in [6, 6.07) is 4.15. The number of nitrogen functional groups attached to an aromatic ring is 1. The number of nitrogens with two attached hydrogens (primary N) is 1. The molecule has 0 aliphatic carbocycles. The normalized spacial score (nSPS) is 32.3. The number of halogens is 1. The van der Waals surface area contributed by atoms with Crippen LogP contribution in [0.15, 0.2) is 30.5 Å². The van der Waals surface area contributed by atoms with E-state index in [0.29, 0.717) is 11.4 Å². The van der Waals surface area contributed by atoms with Crippen molar-refractivity contribution in [3.8, 4) is 0 Å². The first kappa shape index (κ1) is 15.3. The molecule has 0 unspecified atom stereocenters. The van der Waals surface area contributed by atoms with Gasteiger partial charge >= 0.3 is 0 Å². The van der Waals surface area contributed by atoms with Crippen LogP contribution in [0, 0.1) is 5.82 Å². The second-order valence-electron chi connectivity index (χ2n) is 6.37. The predicted molar refractivity (Wildman–Crippen MR) is 82.4 cm³/mol. The van der Waals surface area contributed by atoms with Crippen LogP contribution in [-0.2, 0) is 20.1 Å². The predicted octanol–water partition coefficient (Wildman–Crippen LogP) is 1.31. The molecule has 0 amide bonds. The standard InChI is InChI=1S/C15H19FN2O3S/c1-9-14(2,3)22(19,20)13-7-21-8-15(13,18-9)11-6-10(17)4-5-12(11)16/h4-6,13,18H,1,7-8,17H2,2-3H3/t13-,15-/m1/s1. The summed E-state index contributed by atoms with van der Waals surface area (Å²) < 4.78 is 44.6. The van der Waals surface area contributed by atoms with Crippen molar-refractivity contribution < 1.29 is 17.5 Å². The maximum absolute atomic E-state index is 14.4. The van der Waals surface area contributed by atoms with Crippen molar-refractivity contribution in [2.24, 2.45) is 0 Å². The lowest BCUT2D eigenvalue weighted by Gasteiger charge is -2.47. The summed E-state index contributed by atoms with van der Waals surface area (Å²) >= 11 is 0. The smallest absolute Gasteiger partial charge is 0.168 e. The van der Waals surface area contributed by atoms with Gasteiger partial charge in [-0.25, -0.2) is 12.8 Å². The lowest BCUT2D eigenvalue weighted by molar-refractivity contribution is 0.168. The van der Waals surface area contributed by atoms with Gasteiger partial charge in [0.05, 0.1) is 13.2 Å². The van der Waals surface area contributed by atoms with E-state index in [0.717, 1.165) is 0 Å². The molecule has 2 fully saturated rings. The number of benzene rings is 1. The molecule has 3 N–H and O–H groups in total. The Bertz CT molecular complexity index is 760. The lowest BCUT2D eigenvalue weighted by atomic mass is 9.86. The Labute approximate surface area is 129 Å². The zero-order chi connectivity index (χ0) is 16.3. The van der Waals surface area contributed by atoms with Crippen LogP contribution in [0.3, 0.4) is 0 Å². The van der Waals surface area contributed by atoms with Gasteiger partial charge in [0.1, 0.15) is 21.4 Å². The summed E-state index contributed by atoms with van der Waals surface area (Å²) in [7, 11) is -3.62. The van der Waals surface area contributed by atoms with E-state index in [4.69, 9.17) is 10.5 Å². The van der Waals surface area contributed by atoms with Crippen LogP contribution in [0.25, 0.3) is 0 Å². The molecule has 1 aromatic carbocycles. The van der Waals surface area contributed by atoms with E-state index in [2.05, 4.69) is 11.9 Å². The second-order valence-corrected chi connectivity index (χ2v) is 9.05. The molecule has 0 saturated carbocycles. The van der Waals surface area contributed by atoms with Gasteiger partial charge in [-0.3, -0.25) is 0 Å². The van der Waals surface area contributed by atoms with Crippen molar-refractivity contribution in [1.82, 2.24) is 5.32 Å². The third-order valence-corrected chi connectivity index (χ3v) is 7.76. The average molecular weight is 326 g/mol. The van der Waals surface area contributed by atoms with E-state index in [-0.39, 0.29) is 18.8 Å². The number of fused-ring (bicyclic) bond motifs is 1. The zero-order valence-electron chi connectivity index (χ0n) is 12.5. The molecule has 0 spiro atoms. The van der Waals surface area contributed by atoms with Crippen LogP contribution in [0.4, 0.5) is 10.1 Å². The van der Waals surface area contributed by atoms with E-state index in [1.54, 1.807) is 13.8 Å². The average Bonchev–Trinajstić information content (AvgIpc) is 2.85. The SMILES string of the molecule is C=C1N[C@@]2(c3cc(N)ccc3F)COC[C@H]2S(=O)(=O)C1(C)C. The molecule has 0 aromatic heterocycles. The van der Waals surface area contributed by atoms with Crippen LogP contribution < -0.4 is 11.1 Å². The van der Waals surface area contributed by atoms with Crippen LogP contribution in [0.2, 0.25) is 0 Å². The molecule has 120 valence electrons. The van der Waals surface area contributed by atoms with Gasteiger partial charge in [-0.2, -0.15) is 0 Å². The maximum Gasteiger partial charge on any atom is 0.168 e. The molecular weight excluding hydrogens is 307 g/mol. The number of ether oxygens (including phenoxy) is 1. The van der Waals surface area contributed by atoms with Crippen LogP contribution in [0.1, 0.15) is 19.4 Å². The molecule has 2 saturated heterocycles. The Balaban J connectivity index is 2.25. The van der Waals surface area contributed by atoms with E-state index in [1.165, 1.54) is 18.2 Å². The van der Waals surface area contributed by atoms with Gasteiger partial charge in [-0.1, -0.05) is 6.58 Å². The van der Waals surface area contributed by atoms with E-state index in [1.807, 2.05) is 0 Å². The van der Waals surface area contributed by atoms with Gasteiger partial charge in [0.2, 0.25) is 0 Å². The van der Waals surface area contributed by atoms with E-state index >= 15 is 0 Å². The third kappa shape index (κ3) is 1.75. The van der Waals surface area contributed by atoms with Crippen molar-refractivity contribution in [1.29, 1.82) is 0 Å². The van der Waals surface area contributed by atoms with Gasteiger partial charge in [-0.15, -0.1) is 0 Å². The molecule has 0 bridgehead atoms. The number of rotatable bonds is 1. The molecule has 1 aromatic rings. The highest BCUT2D eigenvalue weighted by Gasteiger charge is 2.62. The zero-order valence-corrected chi connectivity index (χ0v) is 13.3. The van der Waals surface area contributed by atoms with Gasteiger partial charge in [0.25, 0.3) is 0 Å². The second kappa shape index (κ2) is 4.45. The molecule has 2 heterocycles. The summed E-state index contributed by atoms with van der Waals surface area (Å²) in [4.78, 5) is 0. The van der Waals surface area contributed by atoms with Crippen LogP contribution in [0.5, 0.6) is 0 Å². The topological polar surface area (TPSA) is 81.4 Å². The number of anilines is 1. The fourth-order valence-corrected chi connectivity index (χ4v) is 5.35. The van der Waals surface area contributed by atoms with Crippen molar-refractivity contribution in [3.05, 3.63) is 41.9 Å². The highest BCUT2D eigenvalue weighted by molar-refractivity contribution is 7.93. The Morgan fingerprint density at radius 2 is 2.14 bits per heavy atom. The fourth-order valence-electron chi connectivity index (χ4n) is 3.18. The van der Waals surface area contributed by atoms with Gasteiger partial charge in [-0.05, 0) is 32.0 Å². The van der Waals surface area contributed by atoms with Crippen LogP contribution in [-0.4, -0.2) is 31.6 Å². The first-order valence-electron chi connectivity index (χ1n) is 6.97. The molecule has 0 radical (unpaired) electrons. The Morgan fingerprint density at radius 1 is 1.45 bits per heavy atom. The summed E-state index contributed by atoms with van der Waals surface area (Å²) in [6.45, 7) is 7.09. The number of hydrogen-bond donors (Lipinski definition) is 2. The molecule has 3 rings (SSSR count). The number of sulfone groups is 1. The third-order valence-electron chi connectivity index (χ3n) is 4.81. The van der Waals surface area contributed by atoms with Crippen LogP contribution >= 0.6 is 0 Å². The summed E-state index contributed by atoms with van der Waals surface area (Å²) in [6.07, 6.45) is 0. The Morgan fingerprint density at radius 3 is 2.82 bits per heavy atom. The minimum Gasteiger partial charge on any atom is -0.399 e. The van der Waals surface area contributed by atoms with Crippen molar-refractivity contribution in [2.75, 3.05) is 18.9 Å². The molecule has 22 heavy (non-hydrogen) atoms. The summed E-state index contributed by atoms with van der Waals surface area (Å²) in [5, 5.41) is 2.24. The highest BCUT2D eigenvalue weighted by Crippen LogP contribution is 2.46. The van der Waals surface area contributed by atoms with E-state index < -0.39 is 31.2 Å². The summed E-state index contributed by atoms with van der Waals surface area (Å²) in [5.41, 5.74) is 5.47. The first-order valence-corrected chi connectivity index (χ1v) is 8.52. The Kier molecular flexibility index (Phi) is 3.10. The van der Waals surface area contributed by atoms with E-state index in [9.17, 15) is 12.8 Å². The molecule has 2 aliphatic heterocycles. The minimum atomic E-state index is -3.62. The number of hydrogen-bond acceptors (Lipinski definition) is 5.